The van der Waals surface area contributed by atoms with Crippen LogP contribution in [-0.2, 0) is 6.42 Å². The molecule has 0 radical (unpaired) electrons. The highest BCUT2D eigenvalue weighted by atomic mass is 32.1. The van der Waals surface area contributed by atoms with Crippen molar-refractivity contribution in [1.82, 2.24) is 5.32 Å². The van der Waals surface area contributed by atoms with Crippen LogP contribution in [0.25, 0.3) is 0 Å². The molecule has 0 aliphatic carbocycles. The van der Waals surface area contributed by atoms with Crippen LogP contribution in [0.15, 0.2) is 29.6 Å². The van der Waals surface area contributed by atoms with E-state index in [-0.39, 0.29) is 6.04 Å². The van der Waals surface area contributed by atoms with Gasteiger partial charge < -0.3 is 5.32 Å². The molecule has 2 aromatic rings. The number of thiophene rings is 1. The molecule has 1 heterocycles. The maximum absolute atomic E-state index is 13.7. The Morgan fingerprint density at radius 2 is 2.05 bits per heavy atom. The van der Waals surface area contributed by atoms with Gasteiger partial charge in [-0.3, -0.25) is 0 Å². The molecule has 0 saturated carbocycles. The summed E-state index contributed by atoms with van der Waals surface area (Å²) in [4.78, 5) is 1.21. The topological polar surface area (TPSA) is 12.0 Å². The Morgan fingerprint density at radius 3 is 2.68 bits per heavy atom. The van der Waals surface area contributed by atoms with E-state index in [1.165, 1.54) is 4.88 Å². The summed E-state index contributed by atoms with van der Waals surface area (Å²) < 4.78 is 27.0. The third kappa shape index (κ3) is 3.19. The minimum absolute atomic E-state index is 0.0209. The molecule has 0 amide bonds. The van der Waals surface area contributed by atoms with E-state index in [1.807, 2.05) is 25.3 Å². The van der Waals surface area contributed by atoms with Crippen molar-refractivity contribution in [2.24, 2.45) is 0 Å². The molecule has 1 aromatic heterocycles. The first-order valence-corrected chi connectivity index (χ1v) is 7.21. The highest BCUT2D eigenvalue weighted by Crippen LogP contribution is 2.26. The SMILES string of the molecule is CCNC(Cc1cccc(F)c1F)c1ccsc1C. The molecule has 1 atom stereocenters. The standard InChI is InChI=1S/C15H17F2NS/c1-3-18-14(12-7-8-19-10(12)2)9-11-5-4-6-13(16)15(11)17/h4-8,14,18H,3,9H2,1-2H3. The third-order valence-corrected chi connectivity index (χ3v) is 4.04. The number of nitrogens with one attached hydrogen (secondary N) is 1. The molecule has 1 N–H and O–H groups in total. The summed E-state index contributed by atoms with van der Waals surface area (Å²) in [7, 11) is 0. The van der Waals surface area contributed by atoms with Gasteiger partial charge in [-0.15, -0.1) is 11.3 Å². The van der Waals surface area contributed by atoms with E-state index in [1.54, 1.807) is 23.5 Å². The first-order valence-electron chi connectivity index (χ1n) is 6.33. The molecule has 0 aliphatic heterocycles. The number of aryl methyl sites for hydroxylation is 1. The lowest BCUT2D eigenvalue weighted by atomic mass is 9.99. The van der Waals surface area contributed by atoms with Gasteiger partial charge in [0.25, 0.3) is 0 Å². The molecule has 0 saturated heterocycles. The largest absolute Gasteiger partial charge is 0.310 e. The molecule has 0 bridgehead atoms. The minimum Gasteiger partial charge on any atom is -0.310 e. The maximum Gasteiger partial charge on any atom is 0.162 e. The quantitative estimate of drug-likeness (QED) is 0.865. The van der Waals surface area contributed by atoms with Crippen molar-refractivity contribution in [3.8, 4) is 0 Å². The van der Waals surface area contributed by atoms with E-state index in [0.29, 0.717) is 12.0 Å². The van der Waals surface area contributed by atoms with E-state index in [4.69, 9.17) is 0 Å². The van der Waals surface area contributed by atoms with Crippen LogP contribution in [0.4, 0.5) is 8.78 Å². The predicted molar refractivity (Wildman–Crippen MR) is 75.5 cm³/mol. The molecule has 19 heavy (non-hydrogen) atoms. The van der Waals surface area contributed by atoms with Gasteiger partial charge in [-0.2, -0.15) is 0 Å². The monoisotopic (exact) mass is 281 g/mol. The van der Waals surface area contributed by atoms with Crippen molar-refractivity contribution < 1.29 is 8.78 Å². The lowest BCUT2D eigenvalue weighted by molar-refractivity contribution is 0.481. The summed E-state index contributed by atoms with van der Waals surface area (Å²) in [6.07, 6.45) is 0.453. The van der Waals surface area contributed by atoms with Crippen LogP contribution in [0.5, 0.6) is 0 Å². The van der Waals surface area contributed by atoms with Crippen LogP contribution in [0.2, 0.25) is 0 Å². The zero-order valence-electron chi connectivity index (χ0n) is 11.0. The zero-order chi connectivity index (χ0) is 13.8. The Balaban J connectivity index is 2.27. The molecule has 0 spiro atoms. The summed E-state index contributed by atoms with van der Waals surface area (Å²) >= 11 is 1.67. The Bertz CT molecular complexity index is 551. The summed E-state index contributed by atoms with van der Waals surface area (Å²) in [5, 5.41) is 5.36. The molecule has 1 nitrogen and oxygen atoms in total. The third-order valence-electron chi connectivity index (χ3n) is 3.18. The molecular weight excluding hydrogens is 264 g/mol. The van der Waals surface area contributed by atoms with E-state index in [9.17, 15) is 8.78 Å². The first kappa shape index (κ1) is 14.2. The molecule has 0 aliphatic rings. The van der Waals surface area contributed by atoms with Gasteiger partial charge in [-0.25, -0.2) is 8.78 Å². The number of rotatable bonds is 5. The summed E-state index contributed by atoms with van der Waals surface area (Å²) in [5.74, 6) is -1.52. The molecule has 1 aromatic carbocycles. The highest BCUT2D eigenvalue weighted by Gasteiger charge is 2.17. The van der Waals surface area contributed by atoms with Crippen LogP contribution in [0.1, 0.15) is 29.0 Å². The zero-order valence-corrected chi connectivity index (χ0v) is 11.9. The van der Waals surface area contributed by atoms with Gasteiger partial charge in [0.15, 0.2) is 11.6 Å². The number of hydrogen-bond acceptors (Lipinski definition) is 2. The van der Waals surface area contributed by atoms with Crippen LogP contribution in [0.3, 0.4) is 0 Å². The van der Waals surface area contributed by atoms with Crippen molar-refractivity contribution >= 4 is 11.3 Å². The molecule has 4 heteroatoms. The minimum atomic E-state index is -0.783. The highest BCUT2D eigenvalue weighted by molar-refractivity contribution is 7.10. The Morgan fingerprint density at radius 1 is 1.26 bits per heavy atom. The van der Waals surface area contributed by atoms with Gasteiger partial charge in [-0.1, -0.05) is 19.1 Å². The Kier molecular flexibility index (Phi) is 4.66. The number of likely N-dealkylation sites (N-methyl/N-ethyl adjacent to an activating group) is 1. The fraction of sp³-hybridized carbons (Fsp3) is 0.333. The van der Waals surface area contributed by atoms with Gasteiger partial charge in [0, 0.05) is 10.9 Å². The maximum atomic E-state index is 13.7. The van der Waals surface area contributed by atoms with Gasteiger partial charge in [0.05, 0.1) is 0 Å². The van der Waals surface area contributed by atoms with Crippen molar-refractivity contribution in [3.05, 3.63) is 57.3 Å². The van der Waals surface area contributed by atoms with Gasteiger partial charge in [-0.05, 0) is 48.5 Å². The van der Waals surface area contributed by atoms with Crippen molar-refractivity contribution in [2.75, 3.05) is 6.54 Å². The van der Waals surface area contributed by atoms with E-state index in [2.05, 4.69) is 5.32 Å². The Hall–Kier alpha value is -1.26. The number of benzene rings is 1. The molecular formula is C15H17F2NS. The van der Waals surface area contributed by atoms with Crippen LogP contribution >= 0.6 is 11.3 Å². The lowest BCUT2D eigenvalue weighted by Crippen LogP contribution is -2.23. The molecule has 0 fully saturated rings. The smallest absolute Gasteiger partial charge is 0.162 e. The summed E-state index contributed by atoms with van der Waals surface area (Å²) in [5.41, 5.74) is 1.58. The van der Waals surface area contributed by atoms with Gasteiger partial charge in [0.1, 0.15) is 0 Å². The fourth-order valence-electron chi connectivity index (χ4n) is 2.22. The Labute approximate surface area is 116 Å². The van der Waals surface area contributed by atoms with E-state index >= 15 is 0 Å². The van der Waals surface area contributed by atoms with Crippen molar-refractivity contribution in [2.45, 2.75) is 26.3 Å². The van der Waals surface area contributed by atoms with Crippen LogP contribution in [0, 0.1) is 18.6 Å². The number of hydrogen-bond donors (Lipinski definition) is 1. The first-order chi connectivity index (χ1) is 9.13. The van der Waals surface area contributed by atoms with E-state index < -0.39 is 11.6 Å². The second-order valence-corrected chi connectivity index (χ2v) is 5.58. The van der Waals surface area contributed by atoms with Crippen molar-refractivity contribution in [3.63, 3.8) is 0 Å². The second-order valence-electron chi connectivity index (χ2n) is 4.46. The lowest BCUT2D eigenvalue weighted by Gasteiger charge is -2.18. The van der Waals surface area contributed by atoms with Crippen LogP contribution in [-0.4, -0.2) is 6.54 Å². The second kappa shape index (κ2) is 6.26. The summed E-state index contributed by atoms with van der Waals surface area (Å²) in [6, 6.07) is 6.41. The molecule has 102 valence electrons. The van der Waals surface area contributed by atoms with Gasteiger partial charge >= 0.3 is 0 Å². The fourth-order valence-corrected chi connectivity index (χ4v) is 2.99. The van der Waals surface area contributed by atoms with Crippen molar-refractivity contribution in [1.29, 1.82) is 0 Å². The molecule has 1 unspecified atom stereocenters. The van der Waals surface area contributed by atoms with Gasteiger partial charge in [0.2, 0.25) is 0 Å². The number of halogens is 2. The average molecular weight is 281 g/mol. The van der Waals surface area contributed by atoms with E-state index in [0.717, 1.165) is 18.2 Å². The summed E-state index contributed by atoms with van der Waals surface area (Å²) in [6.45, 7) is 4.85. The molecule has 2 rings (SSSR count). The van der Waals surface area contributed by atoms with Crippen LogP contribution < -0.4 is 5.32 Å². The normalized spacial score (nSPS) is 12.6. The predicted octanol–water partition coefficient (Wildman–Crippen LogP) is 4.23. The average Bonchev–Trinajstić information content (AvgIpc) is 2.80.